The normalized spacial score (nSPS) is 8.47. The second kappa shape index (κ2) is 8.02. The Labute approximate surface area is 102 Å². The van der Waals surface area contributed by atoms with E-state index in [1.54, 1.807) is 0 Å². The summed E-state index contributed by atoms with van der Waals surface area (Å²) in [6.07, 6.45) is 2.14. The Hall–Kier alpha value is -2.19. The average Bonchev–Trinajstić information content (AvgIpc) is 2.33. The summed E-state index contributed by atoms with van der Waals surface area (Å²) in [6, 6.07) is 10.1. The molecular weight excluding hydrogens is 212 g/mol. The molecule has 0 aromatic heterocycles. The minimum Gasteiger partial charge on any atom is -0.481 e. The van der Waals surface area contributed by atoms with Crippen molar-refractivity contribution in [2.45, 2.75) is 25.7 Å². The van der Waals surface area contributed by atoms with E-state index in [0.29, 0.717) is 6.42 Å². The molecule has 0 radical (unpaired) electrons. The second-order valence-corrected chi connectivity index (χ2v) is 3.48. The molecule has 0 aliphatic rings. The molecule has 0 saturated heterocycles. The first-order chi connectivity index (χ1) is 8.29. The maximum Gasteiger partial charge on any atom is 0.304 e. The lowest BCUT2D eigenvalue weighted by molar-refractivity contribution is -0.136. The van der Waals surface area contributed by atoms with Gasteiger partial charge in [-0.05, 0) is 23.8 Å². The van der Waals surface area contributed by atoms with E-state index >= 15 is 0 Å². The Bertz CT molecular complexity index is 466. The summed E-state index contributed by atoms with van der Waals surface area (Å²) in [5.41, 5.74) is 1.26. The van der Waals surface area contributed by atoms with Gasteiger partial charge in [-0.2, -0.15) is 0 Å². The van der Waals surface area contributed by atoms with E-state index in [-0.39, 0.29) is 6.42 Å². The fourth-order valence-electron chi connectivity index (χ4n) is 1.23. The van der Waals surface area contributed by atoms with E-state index in [0.717, 1.165) is 12.8 Å². The van der Waals surface area contributed by atoms with Crippen LogP contribution in [0.25, 0.3) is 0 Å². The van der Waals surface area contributed by atoms with Gasteiger partial charge in [-0.1, -0.05) is 42.2 Å². The summed E-state index contributed by atoms with van der Waals surface area (Å²) >= 11 is 0. The first kappa shape index (κ1) is 12.9. The third kappa shape index (κ3) is 6.82. The molecule has 1 rings (SSSR count). The van der Waals surface area contributed by atoms with Crippen LogP contribution < -0.4 is 0 Å². The topological polar surface area (TPSA) is 37.3 Å². The minimum absolute atomic E-state index is 0.0820. The van der Waals surface area contributed by atoms with Gasteiger partial charge in [-0.25, -0.2) is 0 Å². The fourth-order valence-corrected chi connectivity index (χ4v) is 1.23. The van der Waals surface area contributed by atoms with Gasteiger partial charge in [0.1, 0.15) is 0 Å². The predicted molar refractivity (Wildman–Crippen MR) is 67.2 cm³/mol. The zero-order valence-electron chi connectivity index (χ0n) is 9.57. The van der Waals surface area contributed by atoms with Gasteiger partial charge >= 0.3 is 5.97 Å². The number of aryl methyl sites for hydroxylation is 1. The number of hydrogen-bond acceptors (Lipinski definition) is 1. The van der Waals surface area contributed by atoms with E-state index in [1.807, 2.05) is 18.2 Å². The molecule has 1 N–H and O–H groups in total. The van der Waals surface area contributed by atoms with Gasteiger partial charge in [0.25, 0.3) is 0 Å². The highest BCUT2D eigenvalue weighted by Crippen LogP contribution is 2.00. The minimum atomic E-state index is -0.823. The molecule has 0 aliphatic carbocycles. The average molecular weight is 226 g/mol. The van der Waals surface area contributed by atoms with Crippen LogP contribution in [0, 0.1) is 23.7 Å². The first-order valence-corrected chi connectivity index (χ1v) is 5.50. The van der Waals surface area contributed by atoms with Crippen LogP contribution in [0.5, 0.6) is 0 Å². The number of hydrogen-bond donors (Lipinski definition) is 1. The molecule has 86 valence electrons. The van der Waals surface area contributed by atoms with Gasteiger partial charge < -0.3 is 5.11 Å². The van der Waals surface area contributed by atoms with Crippen LogP contribution in [0.1, 0.15) is 24.8 Å². The second-order valence-electron chi connectivity index (χ2n) is 3.48. The molecule has 2 heteroatoms. The van der Waals surface area contributed by atoms with Gasteiger partial charge in [-0.15, -0.1) is 0 Å². The summed E-state index contributed by atoms with van der Waals surface area (Å²) in [5, 5.41) is 8.38. The number of rotatable bonds is 4. The van der Waals surface area contributed by atoms with Crippen molar-refractivity contribution in [1.82, 2.24) is 0 Å². The zero-order chi connectivity index (χ0) is 12.3. The van der Waals surface area contributed by atoms with Crippen molar-refractivity contribution in [3.05, 3.63) is 35.9 Å². The van der Waals surface area contributed by atoms with Crippen molar-refractivity contribution >= 4 is 5.97 Å². The van der Waals surface area contributed by atoms with Crippen LogP contribution in [-0.2, 0) is 11.2 Å². The number of carboxylic acid groups (broad SMARTS) is 1. The molecule has 0 spiro atoms. The van der Waals surface area contributed by atoms with Crippen molar-refractivity contribution in [2.75, 3.05) is 0 Å². The monoisotopic (exact) mass is 226 g/mol. The molecule has 17 heavy (non-hydrogen) atoms. The van der Waals surface area contributed by atoms with Gasteiger partial charge in [0, 0.05) is 12.8 Å². The zero-order valence-corrected chi connectivity index (χ0v) is 9.57. The Morgan fingerprint density at radius 1 is 1.06 bits per heavy atom. The lowest BCUT2D eigenvalue weighted by atomic mass is 10.1. The summed E-state index contributed by atoms with van der Waals surface area (Å²) in [5.74, 6) is 10.2. The molecule has 2 nitrogen and oxygen atoms in total. The summed E-state index contributed by atoms with van der Waals surface area (Å²) in [7, 11) is 0. The highest BCUT2D eigenvalue weighted by Gasteiger charge is 1.90. The van der Waals surface area contributed by atoms with Crippen molar-refractivity contribution in [3.8, 4) is 23.7 Å². The lowest BCUT2D eigenvalue weighted by Crippen LogP contribution is -1.91. The molecule has 0 amide bonds. The van der Waals surface area contributed by atoms with E-state index in [4.69, 9.17) is 5.11 Å². The molecule has 0 unspecified atom stereocenters. The Morgan fingerprint density at radius 2 is 1.71 bits per heavy atom. The van der Waals surface area contributed by atoms with Crippen LogP contribution in [-0.4, -0.2) is 11.1 Å². The maximum atomic E-state index is 10.2. The molecule has 0 saturated carbocycles. The Balaban J connectivity index is 2.21. The fraction of sp³-hybridized carbons (Fsp3) is 0.267. The summed E-state index contributed by atoms with van der Waals surface area (Å²) < 4.78 is 0. The predicted octanol–water partition coefficient (Wildman–Crippen LogP) is 2.49. The summed E-state index contributed by atoms with van der Waals surface area (Å²) in [6.45, 7) is 0. The Kier molecular flexibility index (Phi) is 6.07. The molecule has 0 bridgehead atoms. The standard InChI is InChI=1S/C15H14O2/c16-15(17)13-9-4-2-1-3-6-10-14-11-7-5-8-12-14/h5,7-8,11-12H,6,9-10,13H2,(H,16,17). The van der Waals surface area contributed by atoms with E-state index in [2.05, 4.69) is 35.8 Å². The van der Waals surface area contributed by atoms with Crippen molar-refractivity contribution < 1.29 is 9.90 Å². The largest absolute Gasteiger partial charge is 0.481 e. The van der Waals surface area contributed by atoms with Gasteiger partial charge in [0.05, 0.1) is 6.42 Å². The molecule has 1 aromatic rings. The smallest absolute Gasteiger partial charge is 0.304 e. The van der Waals surface area contributed by atoms with Gasteiger partial charge in [0.2, 0.25) is 0 Å². The quantitative estimate of drug-likeness (QED) is 0.801. The van der Waals surface area contributed by atoms with Crippen molar-refractivity contribution in [2.24, 2.45) is 0 Å². The van der Waals surface area contributed by atoms with E-state index in [1.165, 1.54) is 5.56 Å². The number of aliphatic carboxylic acids is 1. The highest BCUT2D eigenvalue weighted by molar-refractivity contribution is 5.67. The maximum absolute atomic E-state index is 10.2. The van der Waals surface area contributed by atoms with Crippen LogP contribution in [0.2, 0.25) is 0 Å². The van der Waals surface area contributed by atoms with Gasteiger partial charge in [0.15, 0.2) is 0 Å². The third-order valence-corrected chi connectivity index (χ3v) is 2.08. The molecule has 0 aliphatic heterocycles. The number of carboxylic acids is 1. The van der Waals surface area contributed by atoms with Crippen molar-refractivity contribution in [3.63, 3.8) is 0 Å². The summed E-state index contributed by atoms with van der Waals surface area (Å²) in [4.78, 5) is 10.2. The molecule has 1 aromatic carbocycles. The molecule has 0 heterocycles. The first-order valence-electron chi connectivity index (χ1n) is 5.50. The SMILES string of the molecule is O=C(O)CCC#CC#CCCc1ccccc1. The van der Waals surface area contributed by atoms with E-state index < -0.39 is 5.97 Å². The molecule has 0 fully saturated rings. The number of carbonyl (C=O) groups is 1. The highest BCUT2D eigenvalue weighted by atomic mass is 16.4. The van der Waals surface area contributed by atoms with E-state index in [9.17, 15) is 4.79 Å². The molecular formula is C15H14O2. The van der Waals surface area contributed by atoms with Gasteiger partial charge in [-0.3, -0.25) is 4.79 Å². The molecule has 0 atom stereocenters. The van der Waals surface area contributed by atoms with Crippen molar-refractivity contribution in [1.29, 1.82) is 0 Å². The van der Waals surface area contributed by atoms with Crippen LogP contribution in [0.3, 0.4) is 0 Å². The third-order valence-electron chi connectivity index (χ3n) is 2.08. The van der Waals surface area contributed by atoms with Crippen LogP contribution in [0.4, 0.5) is 0 Å². The lowest BCUT2D eigenvalue weighted by Gasteiger charge is -1.93. The van der Waals surface area contributed by atoms with Crippen LogP contribution >= 0.6 is 0 Å². The van der Waals surface area contributed by atoms with Crippen LogP contribution in [0.15, 0.2) is 30.3 Å². The Morgan fingerprint density at radius 3 is 2.35 bits per heavy atom. The number of benzene rings is 1.